The monoisotopic (exact) mass is 251 g/mol. The van der Waals surface area contributed by atoms with Gasteiger partial charge in [0.1, 0.15) is 11.2 Å². The molecule has 0 aliphatic carbocycles. The number of amides is 1. The van der Waals surface area contributed by atoms with E-state index in [0.717, 1.165) is 5.56 Å². The van der Waals surface area contributed by atoms with E-state index in [0.29, 0.717) is 25.9 Å². The van der Waals surface area contributed by atoms with E-state index in [4.69, 9.17) is 11.6 Å². The molecule has 1 atom stereocenters. The van der Waals surface area contributed by atoms with Crippen molar-refractivity contribution in [1.82, 2.24) is 4.90 Å². The summed E-state index contributed by atoms with van der Waals surface area (Å²) in [6, 6.07) is 9.28. The molecule has 0 N–H and O–H groups in total. The molecule has 1 aromatic rings. The molecule has 0 bridgehead atoms. The van der Waals surface area contributed by atoms with Crippen LogP contribution in [0.15, 0.2) is 30.3 Å². The van der Waals surface area contributed by atoms with Crippen LogP contribution in [0.3, 0.4) is 0 Å². The van der Waals surface area contributed by atoms with Crippen molar-refractivity contribution in [3.8, 4) is 0 Å². The molecule has 0 radical (unpaired) electrons. The molecule has 0 aromatic heterocycles. The summed E-state index contributed by atoms with van der Waals surface area (Å²) in [5.41, 5.74) is 0.802. The zero-order valence-electron chi connectivity index (χ0n) is 9.43. The Labute approximate surface area is 105 Å². The van der Waals surface area contributed by atoms with E-state index < -0.39 is 5.38 Å². The molecule has 1 amide bonds. The minimum Gasteiger partial charge on any atom is -0.340 e. The lowest BCUT2D eigenvalue weighted by atomic mass is 10.1. The Morgan fingerprint density at radius 1 is 1.18 bits per heavy atom. The van der Waals surface area contributed by atoms with Gasteiger partial charge in [0.2, 0.25) is 5.91 Å². The fourth-order valence-corrected chi connectivity index (χ4v) is 2.18. The molecule has 0 saturated carbocycles. The number of carbonyl (C=O) groups excluding carboxylic acids is 2. The van der Waals surface area contributed by atoms with Gasteiger partial charge in [-0.2, -0.15) is 0 Å². The average Bonchev–Trinajstić information content (AvgIpc) is 2.39. The second-order valence-electron chi connectivity index (χ2n) is 4.14. The Balaban J connectivity index is 2.03. The summed E-state index contributed by atoms with van der Waals surface area (Å²) >= 11 is 6.15. The van der Waals surface area contributed by atoms with E-state index in [1.54, 1.807) is 4.90 Å². The summed E-state index contributed by atoms with van der Waals surface area (Å²) in [7, 11) is 0. The molecular formula is C13H14ClNO2. The van der Waals surface area contributed by atoms with Gasteiger partial charge in [0.25, 0.3) is 0 Å². The summed E-state index contributed by atoms with van der Waals surface area (Å²) in [6.45, 7) is 0.988. The molecule has 3 nitrogen and oxygen atoms in total. The van der Waals surface area contributed by atoms with Crippen LogP contribution >= 0.6 is 11.6 Å². The third kappa shape index (κ3) is 2.86. The highest BCUT2D eigenvalue weighted by Gasteiger charge is 2.26. The fourth-order valence-electron chi connectivity index (χ4n) is 1.90. The summed E-state index contributed by atoms with van der Waals surface area (Å²) in [5.74, 6) is 0.116. The summed E-state index contributed by atoms with van der Waals surface area (Å²) in [5, 5.41) is -0.649. The van der Waals surface area contributed by atoms with Gasteiger partial charge < -0.3 is 4.90 Å². The number of alkyl halides is 1. The van der Waals surface area contributed by atoms with Crippen LogP contribution in [-0.2, 0) is 9.59 Å². The van der Waals surface area contributed by atoms with Crippen LogP contribution in [0.25, 0.3) is 0 Å². The number of carbonyl (C=O) groups is 2. The molecule has 1 fully saturated rings. The SMILES string of the molecule is O=C1CCN(C(=O)C(Cl)c2ccccc2)CC1. The highest BCUT2D eigenvalue weighted by Crippen LogP contribution is 2.23. The van der Waals surface area contributed by atoms with E-state index in [1.165, 1.54) is 0 Å². The predicted molar refractivity (Wildman–Crippen MR) is 65.9 cm³/mol. The van der Waals surface area contributed by atoms with Crippen molar-refractivity contribution in [2.24, 2.45) is 0 Å². The van der Waals surface area contributed by atoms with Gasteiger partial charge in [0, 0.05) is 25.9 Å². The molecule has 90 valence electrons. The summed E-state index contributed by atoms with van der Waals surface area (Å²) in [6.07, 6.45) is 0.897. The molecule has 1 aliphatic heterocycles. The molecule has 2 rings (SSSR count). The van der Waals surface area contributed by atoms with E-state index in [2.05, 4.69) is 0 Å². The Morgan fingerprint density at radius 2 is 1.76 bits per heavy atom. The van der Waals surface area contributed by atoms with Crippen molar-refractivity contribution in [1.29, 1.82) is 0 Å². The molecule has 1 unspecified atom stereocenters. The first-order chi connectivity index (χ1) is 8.18. The molecule has 17 heavy (non-hydrogen) atoms. The fraction of sp³-hybridized carbons (Fsp3) is 0.385. The largest absolute Gasteiger partial charge is 0.340 e. The number of halogens is 1. The Morgan fingerprint density at radius 3 is 2.35 bits per heavy atom. The van der Waals surface area contributed by atoms with Crippen molar-refractivity contribution < 1.29 is 9.59 Å². The highest BCUT2D eigenvalue weighted by atomic mass is 35.5. The maximum atomic E-state index is 12.1. The third-order valence-corrected chi connectivity index (χ3v) is 3.38. The second kappa shape index (κ2) is 5.32. The number of hydrogen-bond donors (Lipinski definition) is 0. The molecule has 4 heteroatoms. The maximum Gasteiger partial charge on any atom is 0.245 e. The third-order valence-electron chi connectivity index (χ3n) is 2.94. The molecule has 1 saturated heterocycles. The minimum absolute atomic E-state index is 0.106. The Bertz CT molecular complexity index is 409. The van der Waals surface area contributed by atoms with Crippen LogP contribution in [0.5, 0.6) is 0 Å². The van der Waals surface area contributed by atoms with Gasteiger partial charge in [0.05, 0.1) is 0 Å². The van der Waals surface area contributed by atoms with Crippen LogP contribution in [0.1, 0.15) is 23.8 Å². The zero-order chi connectivity index (χ0) is 12.3. The second-order valence-corrected chi connectivity index (χ2v) is 4.57. The molecular weight excluding hydrogens is 238 g/mol. The molecule has 1 aliphatic rings. The number of Topliss-reactive ketones (excluding diaryl/α,β-unsaturated/α-hetero) is 1. The van der Waals surface area contributed by atoms with Gasteiger partial charge in [-0.25, -0.2) is 0 Å². The topological polar surface area (TPSA) is 37.4 Å². The lowest BCUT2D eigenvalue weighted by molar-refractivity contribution is -0.134. The predicted octanol–water partition coefficient (Wildman–Crippen LogP) is 2.16. The van der Waals surface area contributed by atoms with Gasteiger partial charge >= 0.3 is 0 Å². The summed E-state index contributed by atoms with van der Waals surface area (Å²) in [4.78, 5) is 24.9. The number of benzene rings is 1. The number of hydrogen-bond acceptors (Lipinski definition) is 2. The Hall–Kier alpha value is -1.35. The van der Waals surface area contributed by atoms with E-state index >= 15 is 0 Å². The van der Waals surface area contributed by atoms with Crippen molar-refractivity contribution in [3.63, 3.8) is 0 Å². The smallest absolute Gasteiger partial charge is 0.245 e. The van der Waals surface area contributed by atoms with Gasteiger partial charge in [-0.3, -0.25) is 9.59 Å². The standard InChI is InChI=1S/C13H14ClNO2/c14-12(10-4-2-1-3-5-10)13(17)15-8-6-11(16)7-9-15/h1-5,12H,6-9H2. The first kappa shape index (κ1) is 12.1. The van der Waals surface area contributed by atoms with Crippen molar-refractivity contribution >= 4 is 23.3 Å². The Kier molecular flexibility index (Phi) is 3.79. The number of rotatable bonds is 2. The van der Waals surface area contributed by atoms with Crippen LogP contribution in [0.2, 0.25) is 0 Å². The quantitative estimate of drug-likeness (QED) is 0.756. The maximum absolute atomic E-state index is 12.1. The van der Waals surface area contributed by atoms with E-state index in [-0.39, 0.29) is 11.7 Å². The van der Waals surface area contributed by atoms with E-state index in [9.17, 15) is 9.59 Å². The van der Waals surface area contributed by atoms with Crippen molar-refractivity contribution in [2.45, 2.75) is 18.2 Å². The highest BCUT2D eigenvalue weighted by molar-refractivity contribution is 6.30. The summed E-state index contributed by atoms with van der Waals surface area (Å²) < 4.78 is 0. The number of nitrogens with zero attached hydrogens (tertiary/aromatic N) is 1. The van der Waals surface area contributed by atoms with Crippen molar-refractivity contribution in [2.75, 3.05) is 13.1 Å². The lowest BCUT2D eigenvalue weighted by Crippen LogP contribution is -2.40. The first-order valence-corrected chi connectivity index (χ1v) is 6.11. The number of piperidine rings is 1. The molecule has 1 heterocycles. The van der Waals surface area contributed by atoms with Crippen LogP contribution < -0.4 is 0 Å². The van der Waals surface area contributed by atoms with Crippen LogP contribution in [0.4, 0.5) is 0 Å². The van der Waals surface area contributed by atoms with Gasteiger partial charge in [-0.1, -0.05) is 30.3 Å². The first-order valence-electron chi connectivity index (χ1n) is 5.68. The molecule has 1 aromatic carbocycles. The number of likely N-dealkylation sites (tertiary alicyclic amines) is 1. The van der Waals surface area contributed by atoms with Gasteiger partial charge in [-0.05, 0) is 5.56 Å². The molecule has 0 spiro atoms. The van der Waals surface area contributed by atoms with E-state index in [1.807, 2.05) is 30.3 Å². The van der Waals surface area contributed by atoms with Crippen molar-refractivity contribution in [3.05, 3.63) is 35.9 Å². The average molecular weight is 252 g/mol. The normalized spacial score (nSPS) is 17.9. The van der Waals surface area contributed by atoms with Crippen LogP contribution in [0, 0.1) is 0 Å². The zero-order valence-corrected chi connectivity index (χ0v) is 10.2. The minimum atomic E-state index is -0.649. The van der Waals surface area contributed by atoms with Gasteiger partial charge in [-0.15, -0.1) is 11.6 Å². The van der Waals surface area contributed by atoms with Crippen LogP contribution in [-0.4, -0.2) is 29.7 Å². The lowest BCUT2D eigenvalue weighted by Gasteiger charge is -2.28. The van der Waals surface area contributed by atoms with Gasteiger partial charge in [0.15, 0.2) is 0 Å². The number of ketones is 1.